The van der Waals surface area contributed by atoms with Crippen LogP contribution >= 0.6 is 24.0 Å². The maximum absolute atomic E-state index is 11.5. The summed E-state index contributed by atoms with van der Waals surface area (Å²) in [6.45, 7) is 13.6. The molecule has 0 saturated carbocycles. The van der Waals surface area contributed by atoms with Crippen LogP contribution in [-0.2, 0) is 9.84 Å². The van der Waals surface area contributed by atoms with E-state index in [4.69, 9.17) is 4.99 Å². The molecule has 1 saturated heterocycles. The Bertz CT molecular complexity index is 773. The van der Waals surface area contributed by atoms with Gasteiger partial charge in [-0.3, -0.25) is 4.99 Å². The number of anilines is 1. The minimum atomic E-state index is -2.94. The average molecular weight is 537 g/mol. The highest BCUT2D eigenvalue weighted by atomic mass is 127. The number of guanidine groups is 1. The molecule has 0 atom stereocenters. The molecule has 1 aliphatic rings. The molecular formula is C21H37IN4O2S. The molecule has 29 heavy (non-hydrogen) atoms. The summed E-state index contributed by atoms with van der Waals surface area (Å²) in [6.07, 6.45) is 1.92. The zero-order chi connectivity index (χ0) is 20.8. The van der Waals surface area contributed by atoms with E-state index in [1.165, 1.54) is 17.5 Å². The highest BCUT2D eigenvalue weighted by Gasteiger charge is 2.23. The van der Waals surface area contributed by atoms with Gasteiger partial charge < -0.3 is 15.1 Å². The van der Waals surface area contributed by atoms with Crippen molar-refractivity contribution < 1.29 is 8.42 Å². The lowest BCUT2D eigenvalue weighted by molar-refractivity contribution is 0.348. The Morgan fingerprint density at radius 1 is 1.21 bits per heavy atom. The first kappa shape index (κ1) is 26.0. The summed E-state index contributed by atoms with van der Waals surface area (Å²) in [5, 5.41) is 3.40. The van der Waals surface area contributed by atoms with Crippen molar-refractivity contribution in [1.82, 2.24) is 10.2 Å². The van der Waals surface area contributed by atoms with Gasteiger partial charge in [0.1, 0.15) is 9.84 Å². The van der Waals surface area contributed by atoms with E-state index in [1.54, 1.807) is 0 Å². The van der Waals surface area contributed by atoms with E-state index in [2.05, 4.69) is 67.1 Å². The van der Waals surface area contributed by atoms with Crippen LogP contribution in [0.5, 0.6) is 0 Å². The quantitative estimate of drug-likeness (QED) is 0.330. The Kier molecular flexibility index (Phi) is 10.2. The van der Waals surface area contributed by atoms with E-state index in [1.807, 2.05) is 0 Å². The van der Waals surface area contributed by atoms with Crippen LogP contribution in [0.4, 0.5) is 5.69 Å². The maximum Gasteiger partial charge on any atom is 0.194 e. The number of aliphatic imine (C=N–C) groups is 1. The highest BCUT2D eigenvalue weighted by Crippen LogP contribution is 2.22. The van der Waals surface area contributed by atoms with Gasteiger partial charge in [-0.15, -0.1) is 24.0 Å². The van der Waals surface area contributed by atoms with Crippen LogP contribution in [0.15, 0.2) is 29.3 Å². The third-order valence-electron chi connectivity index (χ3n) is 5.09. The van der Waals surface area contributed by atoms with Crippen molar-refractivity contribution in [3.8, 4) is 0 Å². The Balaban J connectivity index is 0.00000420. The van der Waals surface area contributed by atoms with Crippen molar-refractivity contribution in [3.05, 3.63) is 29.8 Å². The number of aryl methyl sites for hydroxylation is 1. The van der Waals surface area contributed by atoms with Gasteiger partial charge >= 0.3 is 0 Å². The molecule has 166 valence electrons. The molecule has 6 nitrogen and oxygen atoms in total. The van der Waals surface area contributed by atoms with Crippen molar-refractivity contribution in [2.45, 2.75) is 34.1 Å². The number of piperazine rings is 1. The van der Waals surface area contributed by atoms with Gasteiger partial charge in [0.05, 0.1) is 5.75 Å². The van der Waals surface area contributed by atoms with Gasteiger partial charge in [0, 0.05) is 51.2 Å². The molecule has 0 unspecified atom stereocenters. The molecule has 1 N–H and O–H groups in total. The summed E-state index contributed by atoms with van der Waals surface area (Å²) >= 11 is 0. The fraction of sp³-hybridized carbons (Fsp3) is 0.667. The third-order valence-corrected chi connectivity index (χ3v) is 6.03. The molecule has 1 fully saturated rings. The van der Waals surface area contributed by atoms with Crippen LogP contribution in [0, 0.1) is 12.3 Å². The monoisotopic (exact) mass is 536 g/mol. The van der Waals surface area contributed by atoms with Gasteiger partial charge in [0.15, 0.2) is 5.96 Å². The topological polar surface area (TPSA) is 65.0 Å². The number of benzene rings is 1. The fourth-order valence-corrected chi connectivity index (χ4v) is 4.18. The van der Waals surface area contributed by atoms with Crippen molar-refractivity contribution >= 4 is 45.5 Å². The average Bonchev–Trinajstić information content (AvgIpc) is 2.63. The number of nitrogens with zero attached hydrogens (tertiary/aromatic N) is 3. The number of hydrogen-bond acceptors (Lipinski definition) is 4. The lowest BCUT2D eigenvalue weighted by Crippen LogP contribution is -2.52. The minimum absolute atomic E-state index is 0. The molecule has 0 spiro atoms. The zero-order valence-electron chi connectivity index (χ0n) is 18.4. The summed E-state index contributed by atoms with van der Waals surface area (Å²) in [5.41, 5.74) is 2.42. The van der Waals surface area contributed by atoms with E-state index in [0.29, 0.717) is 13.0 Å². The molecule has 1 aromatic carbocycles. The van der Waals surface area contributed by atoms with Gasteiger partial charge in [-0.25, -0.2) is 8.42 Å². The predicted molar refractivity (Wildman–Crippen MR) is 134 cm³/mol. The zero-order valence-corrected chi connectivity index (χ0v) is 21.6. The molecule has 1 heterocycles. The Morgan fingerprint density at radius 2 is 1.86 bits per heavy atom. The van der Waals surface area contributed by atoms with Crippen molar-refractivity contribution in [2.24, 2.45) is 10.4 Å². The van der Waals surface area contributed by atoms with Crippen LogP contribution in [0.3, 0.4) is 0 Å². The molecule has 1 aromatic rings. The predicted octanol–water partition coefficient (Wildman–Crippen LogP) is 3.16. The standard InChI is InChI=1S/C21H36N4O2S.HI/c1-6-22-20(23-17-21(3,4)10-15-28(5,26)27)25-13-11-24(12-14-25)19-9-7-8-18(2)16-19;/h7-9,16H,6,10-15,17H2,1-5H3,(H,22,23);1H. The van der Waals surface area contributed by atoms with Crippen LogP contribution in [0.25, 0.3) is 0 Å². The van der Waals surface area contributed by atoms with Gasteiger partial charge in [-0.2, -0.15) is 0 Å². The molecule has 0 bridgehead atoms. The maximum atomic E-state index is 11.5. The summed E-state index contributed by atoms with van der Waals surface area (Å²) in [7, 11) is -2.94. The molecule has 8 heteroatoms. The van der Waals surface area contributed by atoms with Gasteiger partial charge in [-0.1, -0.05) is 26.0 Å². The van der Waals surface area contributed by atoms with E-state index in [9.17, 15) is 8.42 Å². The van der Waals surface area contributed by atoms with Gasteiger partial charge in [0.2, 0.25) is 0 Å². The molecule has 2 rings (SSSR count). The van der Waals surface area contributed by atoms with Gasteiger partial charge in [-0.05, 0) is 43.4 Å². The van der Waals surface area contributed by atoms with Crippen LogP contribution < -0.4 is 10.2 Å². The smallest absolute Gasteiger partial charge is 0.194 e. The number of rotatable bonds is 7. The molecular weight excluding hydrogens is 499 g/mol. The first-order valence-corrected chi connectivity index (χ1v) is 12.2. The third kappa shape index (κ3) is 9.11. The van der Waals surface area contributed by atoms with E-state index >= 15 is 0 Å². The first-order valence-electron chi connectivity index (χ1n) is 10.1. The van der Waals surface area contributed by atoms with Crippen LogP contribution in [0.1, 0.15) is 32.8 Å². The highest BCUT2D eigenvalue weighted by molar-refractivity contribution is 14.0. The molecule has 0 aromatic heterocycles. The summed E-state index contributed by atoms with van der Waals surface area (Å²) in [5.74, 6) is 1.14. The summed E-state index contributed by atoms with van der Waals surface area (Å²) in [4.78, 5) is 9.57. The lowest BCUT2D eigenvalue weighted by Gasteiger charge is -2.38. The SMILES string of the molecule is CCNC(=NCC(C)(C)CCS(C)(=O)=O)N1CCN(c2cccc(C)c2)CC1.I. The normalized spacial score (nSPS) is 15.8. The van der Waals surface area contributed by atoms with E-state index in [-0.39, 0.29) is 35.1 Å². The second kappa shape index (κ2) is 11.4. The Hall–Kier alpha value is -1.03. The lowest BCUT2D eigenvalue weighted by atomic mass is 9.90. The number of halogens is 1. The van der Waals surface area contributed by atoms with Crippen molar-refractivity contribution in [1.29, 1.82) is 0 Å². The summed E-state index contributed by atoms with van der Waals surface area (Å²) in [6, 6.07) is 8.65. The van der Waals surface area contributed by atoms with E-state index < -0.39 is 9.84 Å². The number of sulfone groups is 1. The summed E-state index contributed by atoms with van der Waals surface area (Å²) < 4.78 is 22.9. The minimum Gasteiger partial charge on any atom is -0.368 e. The van der Waals surface area contributed by atoms with Crippen LogP contribution in [-0.4, -0.2) is 70.6 Å². The number of hydrogen-bond donors (Lipinski definition) is 1. The van der Waals surface area contributed by atoms with Crippen molar-refractivity contribution in [3.63, 3.8) is 0 Å². The first-order chi connectivity index (χ1) is 13.1. The Morgan fingerprint density at radius 3 is 2.41 bits per heavy atom. The second-order valence-corrected chi connectivity index (χ2v) is 10.8. The van der Waals surface area contributed by atoms with Crippen molar-refractivity contribution in [2.75, 3.05) is 56.2 Å². The second-order valence-electron chi connectivity index (χ2n) is 8.53. The van der Waals surface area contributed by atoms with E-state index in [0.717, 1.165) is 38.7 Å². The Labute approximate surface area is 194 Å². The van der Waals surface area contributed by atoms with Gasteiger partial charge in [0.25, 0.3) is 0 Å². The molecule has 1 aliphatic heterocycles. The van der Waals surface area contributed by atoms with Crippen LogP contribution in [0.2, 0.25) is 0 Å². The largest absolute Gasteiger partial charge is 0.368 e. The molecule has 0 amide bonds. The molecule has 0 radical (unpaired) electrons. The fourth-order valence-electron chi connectivity index (χ4n) is 3.26. The number of nitrogens with one attached hydrogen (secondary N) is 1. The molecule has 0 aliphatic carbocycles.